The molecule has 0 aliphatic rings. The summed E-state index contributed by atoms with van der Waals surface area (Å²) >= 11 is 3.53. The molecule has 14 heavy (non-hydrogen) atoms. The van der Waals surface area contributed by atoms with Gasteiger partial charge in [-0.25, -0.2) is 0 Å². The molecule has 0 aromatic heterocycles. The molecule has 1 aromatic carbocycles. The molecular weight excluding hydrogens is 242 g/mol. The van der Waals surface area contributed by atoms with E-state index in [1.165, 1.54) is 0 Å². The molecular formula is C11H16BrNO. The molecule has 1 rings (SSSR count). The van der Waals surface area contributed by atoms with E-state index >= 15 is 0 Å². The minimum atomic E-state index is 0.0128. The normalized spacial score (nSPS) is 12.7. The number of rotatable bonds is 2. The number of nitrogens with two attached hydrogens (primary N) is 1. The third kappa shape index (κ3) is 1.93. The van der Waals surface area contributed by atoms with E-state index < -0.39 is 0 Å². The van der Waals surface area contributed by atoms with Crippen molar-refractivity contribution < 1.29 is 4.74 Å². The first-order valence-electron chi connectivity index (χ1n) is 4.58. The summed E-state index contributed by atoms with van der Waals surface area (Å²) in [6.45, 7) is 6.04. The van der Waals surface area contributed by atoms with Crippen molar-refractivity contribution in [3.05, 3.63) is 27.2 Å². The minimum absolute atomic E-state index is 0.0128. The molecule has 2 N–H and O–H groups in total. The summed E-state index contributed by atoms with van der Waals surface area (Å²) in [5.74, 6) is 0.931. The number of ether oxygens (including phenoxy) is 1. The van der Waals surface area contributed by atoms with E-state index in [4.69, 9.17) is 10.5 Å². The van der Waals surface area contributed by atoms with Crippen LogP contribution in [0.2, 0.25) is 0 Å². The Morgan fingerprint density at radius 1 is 1.43 bits per heavy atom. The number of benzene rings is 1. The van der Waals surface area contributed by atoms with Crippen LogP contribution in [0.1, 0.15) is 29.7 Å². The Balaban J connectivity index is 3.44. The van der Waals surface area contributed by atoms with E-state index in [0.29, 0.717) is 0 Å². The van der Waals surface area contributed by atoms with Gasteiger partial charge in [-0.1, -0.05) is 15.9 Å². The number of aryl methyl sites for hydroxylation is 1. The average Bonchev–Trinajstić information content (AvgIpc) is 2.02. The van der Waals surface area contributed by atoms with Crippen molar-refractivity contribution in [2.45, 2.75) is 26.8 Å². The van der Waals surface area contributed by atoms with Gasteiger partial charge in [-0.3, -0.25) is 0 Å². The molecule has 0 spiro atoms. The Labute approximate surface area is 93.6 Å². The standard InChI is InChI=1S/C11H16BrNO/c1-6-5-9(12)10(8(3)13)7(2)11(6)14-4/h5,8H,13H2,1-4H3. The second-order valence-corrected chi connectivity index (χ2v) is 4.39. The third-order valence-electron chi connectivity index (χ3n) is 2.36. The highest BCUT2D eigenvalue weighted by atomic mass is 79.9. The summed E-state index contributed by atoms with van der Waals surface area (Å²) in [6, 6.07) is 2.06. The fourth-order valence-corrected chi connectivity index (χ4v) is 2.81. The monoisotopic (exact) mass is 257 g/mol. The van der Waals surface area contributed by atoms with Gasteiger partial charge in [-0.05, 0) is 43.5 Å². The quantitative estimate of drug-likeness (QED) is 0.884. The van der Waals surface area contributed by atoms with Crippen LogP contribution in [0.15, 0.2) is 10.5 Å². The maximum absolute atomic E-state index is 5.90. The van der Waals surface area contributed by atoms with E-state index in [0.717, 1.165) is 26.9 Å². The summed E-state index contributed by atoms with van der Waals surface area (Å²) in [6.07, 6.45) is 0. The second-order valence-electron chi connectivity index (χ2n) is 3.54. The van der Waals surface area contributed by atoms with Crippen molar-refractivity contribution in [2.75, 3.05) is 7.11 Å². The Morgan fingerprint density at radius 2 is 2.00 bits per heavy atom. The van der Waals surface area contributed by atoms with Gasteiger partial charge in [0.05, 0.1) is 7.11 Å². The molecule has 78 valence electrons. The van der Waals surface area contributed by atoms with Gasteiger partial charge in [0.2, 0.25) is 0 Å². The highest BCUT2D eigenvalue weighted by Crippen LogP contribution is 2.34. The number of hydrogen-bond acceptors (Lipinski definition) is 2. The molecule has 0 saturated heterocycles. The van der Waals surface area contributed by atoms with Crippen molar-refractivity contribution in [2.24, 2.45) is 5.73 Å². The van der Waals surface area contributed by atoms with Crippen molar-refractivity contribution in [1.29, 1.82) is 0 Å². The molecule has 1 atom stereocenters. The van der Waals surface area contributed by atoms with E-state index in [-0.39, 0.29) is 6.04 Å². The first kappa shape index (κ1) is 11.5. The summed E-state index contributed by atoms with van der Waals surface area (Å²) in [4.78, 5) is 0. The van der Waals surface area contributed by atoms with Gasteiger partial charge in [-0.15, -0.1) is 0 Å². The largest absolute Gasteiger partial charge is 0.496 e. The minimum Gasteiger partial charge on any atom is -0.496 e. The zero-order chi connectivity index (χ0) is 10.9. The van der Waals surface area contributed by atoms with Gasteiger partial charge in [0.25, 0.3) is 0 Å². The first-order valence-corrected chi connectivity index (χ1v) is 5.37. The van der Waals surface area contributed by atoms with Crippen LogP contribution in [-0.2, 0) is 0 Å². The number of halogens is 1. The highest BCUT2D eigenvalue weighted by Gasteiger charge is 2.14. The molecule has 1 aromatic rings. The number of hydrogen-bond donors (Lipinski definition) is 1. The van der Waals surface area contributed by atoms with Crippen LogP contribution < -0.4 is 10.5 Å². The highest BCUT2D eigenvalue weighted by molar-refractivity contribution is 9.10. The summed E-state index contributed by atoms with van der Waals surface area (Å²) in [7, 11) is 1.69. The Kier molecular flexibility index (Phi) is 3.56. The van der Waals surface area contributed by atoms with E-state index in [1.54, 1.807) is 7.11 Å². The van der Waals surface area contributed by atoms with Gasteiger partial charge < -0.3 is 10.5 Å². The third-order valence-corrected chi connectivity index (χ3v) is 3.02. The van der Waals surface area contributed by atoms with Gasteiger partial charge in [-0.2, -0.15) is 0 Å². The van der Waals surface area contributed by atoms with Crippen LogP contribution in [0.3, 0.4) is 0 Å². The molecule has 0 fully saturated rings. The van der Waals surface area contributed by atoms with Crippen LogP contribution in [0.25, 0.3) is 0 Å². The zero-order valence-electron chi connectivity index (χ0n) is 9.02. The first-order chi connectivity index (χ1) is 6.49. The topological polar surface area (TPSA) is 35.2 Å². The number of methoxy groups -OCH3 is 1. The summed E-state index contributed by atoms with van der Waals surface area (Å²) in [5.41, 5.74) is 9.27. The lowest BCUT2D eigenvalue weighted by Crippen LogP contribution is -2.09. The lowest BCUT2D eigenvalue weighted by atomic mass is 9.99. The zero-order valence-corrected chi connectivity index (χ0v) is 10.6. The SMILES string of the molecule is COc1c(C)cc(Br)c(C(C)N)c1C. The lowest BCUT2D eigenvalue weighted by molar-refractivity contribution is 0.407. The molecule has 0 heterocycles. The van der Waals surface area contributed by atoms with E-state index in [1.807, 2.05) is 26.8 Å². The fraction of sp³-hybridized carbons (Fsp3) is 0.455. The van der Waals surface area contributed by atoms with Gasteiger partial charge >= 0.3 is 0 Å². The van der Waals surface area contributed by atoms with Crippen molar-refractivity contribution >= 4 is 15.9 Å². The molecule has 0 aliphatic carbocycles. The van der Waals surface area contributed by atoms with Crippen LogP contribution in [0.4, 0.5) is 0 Å². The predicted octanol–water partition coefficient (Wildman–Crippen LogP) is 3.09. The van der Waals surface area contributed by atoms with Crippen molar-refractivity contribution in [3.8, 4) is 5.75 Å². The predicted molar refractivity (Wildman–Crippen MR) is 62.8 cm³/mol. The molecule has 0 saturated carbocycles. The van der Waals surface area contributed by atoms with E-state index in [2.05, 4.69) is 15.9 Å². The maximum Gasteiger partial charge on any atom is 0.125 e. The second kappa shape index (κ2) is 4.32. The molecule has 3 heteroatoms. The van der Waals surface area contributed by atoms with Crippen LogP contribution in [0, 0.1) is 13.8 Å². The molecule has 0 bridgehead atoms. The van der Waals surface area contributed by atoms with Crippen LogP contribution >= 0.6 is 15.9 Å². The van der Waals surface area contributed by atoms with Crippen LogP contribution in [-0.4, -0.2) is 7.11 Å². The van der Waals surface area contributed by atoms with E-state index in [9.17, 15) is 0 Å². The maximum atomic E-state index is 5.90. The lowest BCUT2D eigenvalue weighted by Gasteiger charge is -2.17. The molecule has 0 aliphatic heterocycles. The Bertz CT molecular complexity index is 348. The Hall–Kier alpha value is -0.540. The summed E-state index contributed by atoms with van der Waals surface area (Å²) < 4.78 is 6.40. The summed E-state index contributed by atoms with van der Waals surface area (Å²) in [5, 5.41) is 0. The van der Waals surface area contributed by atoms with Crippen LogP contribution in [0.5, 0.6) is 5.75 Å². The Morgan fingerprint density at radius 3 is 2.43 bits per heavy atom. The smallest absolute Gasteiger partial charge is 0.125 e. The molecule has 1 unspecified atom stereocenters. The molecule has 2 nitrogen and oxygen atoms in total. The molecule has 0 radical (unpaired) electrons. The van der Waals surface area contributed by atoms with Gasteiger partial charge in [0.15, 0.2) is 0 Å². The van der Waals surface area contributed by atoms with Crippen molar-refractivity contribution in [3.63, 3.8) is 0 Å². The van der Waals surface area contributed by atoms with Gasteiger partial charge in [0.1, 0.15) is 5.75 Å². The average molecular weight is 258 g/mol. The fourth-order valence-electron chi connectivity index (χ4n) is 1.80. The molecule has 0 amide bonds. The van der Waals surface area contributed by atoms with Crippen molar-refractivity contribution in [1.82, 2.24) is 0 Å². The van der Waals surface area contributed by atoms with Gasteiger partial charge in [0, 0.05) is 10.5 Å².